The number of hydrogen-bond donors (Lipinski definition) is 1. The van der Waals surface area contributed by atoms with Crippen molar-refractivity contribution in [2.45, 2.75) is 38.3 Å². The molecule has 3 aromatic rings. The summed E-state index contributed by atoms with van der Waals surface area (Å²) in [6, 6.07) is 12.8. The second kappa shape index (κ2) is 10.0. The van der Waals surface area contributed by atoms with Gasteiger partial charge in [-0.1, -0.05) is 55.7 Å². The number of anilines is 1. The Bertz CT molecular complexity index is 1170. The molecule has 1 aliphatic rings. The summed E-state index contributed by atoms with van der Waals surface area (Å²) in [4.78, 5) is 16.6. The van der Waals surface area contributed by atoms with E-state index in [1.165, 1.54) is 24.6 Å². The molecule has 3 nitrogen and oxygen atoms in total. The van der Waals surface area contributed by atoms with Crippen molar-refractivity contribution in [3.8, 4) is 0 Å². The van der Waals surface area contributed by atoms with E-state index < -0.39 is 11.7 Å². The van der Waals surface area contributed by atoms with E-state index in [1.54, 1.807) is 18.5 Å². The van der Waals surface area contributed by atoms with E-state index in [1.807, 2.05) is 30.3 Å². The fourth-order valence-corrected chi connectivity index (χ4v) is 4.38. The zero-order chi connectivity index (χ0) is 23.3. The lowest BCUT2D eigenvalue weighted by molar-refractivity contribution is -0.137. The molecule has 1 aliphatic carbocycles. The Balaban J connectivity index is 1.54. The van der Waals surface area contributed by atoms with Crippen LogP contribution < -0.4 is 5.32 Å². The molecule has 0 saturated heterocycles. The van der Waals surface area contributed by atoms with Gasteiger partial charge in [0.2, 0.25) is 5.91 Å². The van der Waals surface area contributed by atoms with Gasteiger partial charge in [-0.05, 0) is 54.2 Å². The monoisotopic (exact) mass is 450 g/mol. The molecule has 0 aliphatic heterocycles. The van der Waals surface area contributed by atoms with Crippen LogP contribution in [0.4, 0.5) is 18.9 Å². The molecular formula is C27H25F3N2O. The third-order valence-corrected chi connectivity index (χ3v) is 6.05. The average Bonchev–Trinajstić information content (AvgIpc) is 2.82. The number of benzene rings is 2. The Morgan fingerprint density at radius 2 is 1.76 bits per heavy atom. The van der Waals surface area contributed by atoms with Crippen molar-refractivity contribution in [3.05, 3.63) is 90.3 Å². The number of amides is 1. The Labute approximate surface area is 191 Å². The van der Waals surface area contributed by atoms with Gasteiger partial charge in [0, 0.05) is 34.9 Å². The zero-order valence-corrected chi connectivity index (χ0v) is 18.1. The molecule has 0 spiro atoms. The predicted octanol–water partition coefficient (Wildman–Crippen LogP) is 7.41. The molecule has 6 heteroatoms. The molecule has 1 heterocycles. The molecular weight excluding hydrogens is 425 g/mol. The highest BCUT2D eigenvalue weighted by Gasteiger charge is 2.30. The van der Waals surface area contributed by atoms with E-state index >= 15 is 0 Å². The maximum Gasteiger partial charge on any atom is 0.416 e. The van der Waals surface area contributed by atoms with E-state index in [4.69, 9.17) is 0 Å². The van der Waals surface area contributed by atoms with Crippen molar-refractivity contribution in [3.63, 3.8) is 0 Å². The molecule has 1 fully saturated rings. The van der Waals surface area contributed by atoms with Crippen molar-refractivity contribution in [1.29, 1.82) is 0 Å². The highest BCUT2D eigenvalue weighted by atomic mass is 19.4. The van der Waals surface area contributed by atoms with Crippen molar-refractivity contribution in [1.82, 2.24) is 4.98 Å². The van der Waals surface area contributed by atoms with Crippen LogP contribution in [0.1, 0.15) is 43.2 Å². The van der Waals surface area contributed by atoms with Crippen molar-refractivity contribution in [2.24, 2.45) is 5.92 Å². The van der Waals surface area contributed by atoms with Gasteiger partial charge in [-0.25, -0.2) is 0 Å². The maximum absolute atomic E-state index is 13.0. The number of rotatable bonds is 5. The van der Waals surface area contributed by atoms with E-state index in [0.29, 0.717) is 5.69 Å². The fraction of sp³-hybridized carbons (Fsp3) is 0.259. The molecule has 2 aromatic carbocycles. The molecule has 170 valence electrons. The van der Waals surface area contributed by atoms with E-state index in [9.17, 15) is 18.0 Å². The van der Waals surface area contributed by atoms with Gasteiger partial charge in [0.1, 0.15) is 0 Å². The summed E-state index contributed by atoms with van der Waals surface area (Å²) >= 11 is 0. The van der Waals surface area contributed by atoms with Crippen molar-refractivity contribution in [2.75, 3.05) is 5.32 Å². The van der Waals surface area contributed by atoms with Gasteiger partial charge in [0.05, 0.1) is 5.56 Å². The first-order valence-electron chi connectivity index (χ1n) is 11.1. The number of aromatic nitrogens is 1. The number of fused-ring (bicyclic) bond motifs is 1. The normalized spacial score (nSPS) is 15.8. The first-order chi connectivity index (χ1) is 15.9. The summed E-state index contributed by atoms with van der Waals surface area (Å²) in [5, 5.41) is 4.73. The second-order valence-corrected chi connectivity index (χ2v) is 8.28. The van der Waals surface area contributed by atoms with Crippen LogP contribution in [-0.2, 0) is 11.0 Å². The molecule has 33 heavy (non-hydrogen) atoms. The molecule has 1 N–H and O–H groups in total. The second-order valence-electron chi connectivity index (χ2n) is 8.28. The Kier molecular flexibility index (Phi) is 6.92. The van der Waals surface area contributed by atoms with E-state index in [-0.39, 0.29) is 11.8 Å². The highest BCUT2D eigenvalue weighted by molar-refractivity contribution is 6.06. The smallest absolute Gasteiger partial charge is 0.322 e. The minimum absolute atomic E-state index is 0.272. The molecule has 0 unspecified atom stereocenters. The number of halogens is 3. The number of pyridine rings is 1. The number of nitrogens with zero attached hydrogens (tertiary/aromatic N) is 1. The topological polar surface area (TPSA) is 42.0 Å². The van der Waals surface area contributed by atoms with Crippen LogP contribution in [0.2, 0.25) is 0 Å². The minimum atomic E-state index is -4.36. The maximum atomic E-state index is 13.0. The van der Waals surface area contributed by atoms with Crippen LogP contribution >= 0.6 is 0 Å². The van der Waals surface area contributed by atoms with Gasteiger partial charge < -0.3 is 5.32 Å². The van der Waals surface area contributed by atoms with Crippen LogP contribution in [-0.4, -0.2) is 10.9 Å². The summed E-state index contributed by atoms with van der Waals surface area (Å²) in [7, 11) is 0. The fourth-order valence-electron chi connectivity index (χ4n) is 4.38. The van der Waals surface area contributed by atoms with Gasteiger partial charge in [-0.2, -0.15) is 13.2 Å². The molecule has 0 radical (unpaired) electrons. The third kappa shape index (κ3) is 5.69. The lowest BCUT2D eigenvalue weighted by Crippen LogP contribution is -2.10. The van der Waals surface area contributed by atoms with E-state index in [2.05, 4.69) is 10.3 Å². The molecule has 4 rings (SSSR count). The van der Waals surface area contributed by atoms with Crippen LogP contribution in [0, 0.1) is 5.92 Å². The number of nitrogens with one attached hydrogen (secondary N) is 1. The van der Waals surface area contributed by atoms with Gasteiger partial charge in [0.25, 0.3) is 0 Å². The molecule has 0 bridgehead atoms. The third-order valence-electron chi connectivity index (χ3n) is 6.05. The Hall–Kier alpha value is -3.41. The lowest BCUT2D eigenvalue weighted by atomic mass is 9.80. The van der Waals surface area contributed by atoms with Crippen LogP contribution in [0.25, 0.3) is 16.3 Å². The van der Waals surface area contributed by atoms with E-state index in [0.717, 1.165) is 59.7 Å². The zero-order valence-electron chi connectivity index (χ0n) is 18.1. The van der Waals surface area contributed by atoms with Crippen LogP contribution in [0.3, 0.4) is 0 Å². The van der Waals surface area contributed by atoms with Gasteiger partial charge in [-0.3, -0.25) is 9.78 Å². The summed E-state index contributed by atoms with van der Waals surface area (Å²) < 4.78 is 38.9. The summed E-state index contributed by atoms with van der Waals surface area (Å²) in [6.45, 7) is 0. The first-order valence-corrected chi connectivity index (χ1v) is 11.1. The number of allylic oxidation sites excluding steroid dienone is 3. The van der Waals surface area contributed by atoms with Crippen molar-refractivity contribution >= 4 is 27.9 Å². The number of alkyl halides is 3. The van der Waals surface area contributed by atoms with Gasteiger partial charge in [-0.15, -0.1) is 0 Å². The quantitative estimate of drug-likeness (QED) is 0.325. The summed E-state index contributed by atoms with van der Waals surface area (Å²) in [6.07, 6.45) is 9.43. The van der Waals surface area contributed by atoms with Gasteiger partial charge in [0.15, 0.2) is 0 Å². The predicted molar refractivity (Wildman–Crippen MR) is 126 cm³/mol. The summed E-state index contributed by atoms with van der Waals surface area (Å²) in [5.74, 6) is -0.000240. The Morgan fingerprint density at radius 3 is 2.48 bits per heavy atom. The van der Waals surface area contributed by atoms with Crippen LogP contribution in [0.5, 0.6) is 0 Å². The SMILES string of the molecule is O=C(/C=C/C=C(/c1ccc(C(F)(F)F)cc1)C1CCCCC1)Nc1cccc2cnccc12. The minimum Gasteiger partial charge on any atom is -0.322 e. The summed E-state index contributed by atoms with van der Waals surface area (Å²) in [5.41, 5.74) is 1.78. The lowest BCUT2D eigenvalue weighted by Gasteiger charge is -2.25. The number of carbonyl (C=O) groups excluding carboxylic acids is 1. The van der Waals surface area contributed by atoms with Gasteiger partial charge >= 0.3 is 6.18 Å². The van der Waals surface area contributed by atoms with Crippen molar-refractivity contribution < 1.29 is 18.0 Å². The largest absolute Gasteiger partial charge is 0.416 e. The standard InChI is InChI=1S/C27H25F3N2O/c28-27(29,30)22-14-12-20(13-15-22)23(19-6-2-1-3-7-19)9-5-11-26(33)32-25-10-4-8-21-18-31-17-16-24(21)25/h4-5,8-19H,1-3,6-7H2,(H,32,33)/b11-5+,23-9+. The van der Waals surface area contributed by atoms with Crippen LogP contribution in [0.15, 0.2) is 79.2 Å². The number of hydrogen-bond acceptors (Lipinski definition) is 2. The molecule has 1 saturated carbocycles. The Morgan fingerprint density at radius 1 is 1.00 bits per heavy atom. The molecule has 1 amide bonds. The average molecular weight is 451 g/mol. The number of carbonyl (C=O) groups is 1. The highest BCUT2D eigenvalue weighted by Crippen LogP contribution is 2.37. The molecule has 0 atom stereocenters. The molecule has 1 aromatic heterocycles. The first kappa shape index (κ1) is 22.8.